The molecule has 0 aliphatic carbocycles. The van der Waals surface area contributed by atoms with E-state index in [0.29, 0.717) is 5.02 Å². The van der Waals surface area contributed by atoms with Gasteiger partial charge in [-0.15, -0.1) is 0 Å². The van der Waals surface area contributed by atoms with Gasteiger partial charge < -0.3 is 5.11 Å². The molecule has 1 aromatic rings. The van der Waals surface area contributed by atoms with Gasteiger partial charge in [-0.05, 0) is 6.07 Å². The molecule has 1 rings (SSSR count). The van der Waals surface area contributed by atoms with E-state index in [1.165, 1.54) is 12.1 Å². The van der Waals surface area contributed by atoms with Crippen LogP contribution in [0.25, 0.3) is 0 Å². The van der Waals surface area contributed by atoms with Crippen LogP contribution in [-0.2, 0) is 0 Å². The monoisotopic (exact) mass is 202 g/mol. The minimum Gasteiger partial charge on any atom is -0.871 e. The number of hydrogen-bond acceptors (Lipinski definition) is 1. The molecule has 0 saturated carbocycles. The molecule has 1 nitrogen and oxygen atoms in total. The van der Waals surface area contributed by atoms with Gasteiger partial charge in [0.05, 0.1) is 15.1 Å². The van der Waals surface area contributed by atoms with Crippen molar-refractivity contribution in [3.05, 3.63) is 27.2 Å². The van der Waals surface area contributed by atoms with Crippen LogP contribution in [0.5, 0.6) is 5.75 Å². The first-order valence-corrected chi connectivity index (χ1v) is 3.57. The van der Waals surface area contributed by atoms with E-state index < -0.39 is 0 Å². The Kier molecular flexibility index (Phi) is 4.70. The summed E-state index contributed by atoms with van der Waals surface area (Å²) in [6.45, 7) is 0. The second-order valence-electron chi connectivity index (χ2n) is 1.67. The molecule has 0 spiro atoms. The minimum atomic E-state index is -0.309. The molecular weight excluding hydrogens is 201 g/mol. The molecule has 0 amide bonds. The van der Waals surface area contributed by atoms with Crippen molar-refractivity contribution in [2.45, 2.75) is 0 Å². The van der Waals surface area contributed by atoms with E-state index in [1.54, 1.807) is 0 Å². The third kappa shape index (κ3) is 2.47. The molecule has 0 aliphatic heterocycles. The van der Waals surface area contributed by atoms with E-state index in [1.807, 2.05) is 0 Å². The molecule has 54 valence electrons. The predicted octanol–water partition coefficient (Wildman–Crippen LogP) is -0.276. The summed E-state index contributed by atoms with van der Waals surface area (Å²) in [5.41, 5.74) is 0. The van der Waals surface area contributed by atoms with Gasteiger partial charge in [-0.25, -0.2) is 0 Å². The third-order valence-corrected chi connectivity index (χ3v) is 2.28. The predicted molar refractivity (Wildman–Crippen MR) is 40.9 cm³/mol. The molecule has 0 fully saturated rings. The Labute approximate surface area is 91.4 Å². The van der Waals surface area contributed by atoms with Crippen molar-refractivity contribution in [2.24, 2.45) is 0 Å². The van der Waals surface area contributed by atoms with Gasteiger partial charge in [-0.2, -0.15) is 0 Å². The zero-order chi connectivity index (χ0) is 7.72. The van der Waals surface area contributed by atoms with Crippen molar-refractivity contribution < 1.29 is 24.0 Å². The Morgan fingerprint density at radius 1 is 1.00 bits per heavy atom. The van der Waals surface area contributed by atoms with E-state index in [-0.39, 0.29) is 34.7 Å². The fourth-order valence-corrected chi connectivity index (χ4v) is 1.03. The summed E-state index contributed by atoms with van der Waals surface area (Å²) in [4.78, 5) is 0. The summed E-state index contributed by atoms with van der Waals surface area (Å²) in [6, 6.07) is 2.69. The molecule has 1 aromatic carbocycles. The largest absolute Gasteiger partial charge is 1.00 e. The van der Waals surface area contributed by atoms with Crippen LogP contribution in [0.2, 0.25) is 15.1 Å². The molecule has 0 saturated heterocycles. The third-order valence-electron chi connectivity index (χ3n) is 1.000. The van der Waals surface area contributed by atoms with Crippen molar-refractivity contribution in [3.8, 4) is 5.75 Å². The normalized spacial score (nSPS) is 9.00. The maximum atomic E-state index is 10.7. The average Bonchev–Trinajstić information content (AvgIpc) is 1.93. The van der Waals surface area contributed by atoms with Gasteiger partial charge in [-0.1, -0.05) is 46.6 Å². The van der Waals surface area contributed by atoms with Gasteiger partial charge in [-0.3, -0.25) is 0 Å². The average molecular weight is 203 g/mol. The molecule has 0 atom stereocenters. The van der Waals surface area contributed by atoms with Crippen molar-refractivity contribution in [3.63, 3.8) is 0 Å². The summed E-state index contributed by atoms with van der Waals surface area (Å²) < 4.78 is 0. The van der Waals surface area contributed by atoms with Gasteiger partial charge in [0, 0.05) is 0 Å². The maximum absolute atomic E-state index is 10.7. The summed E-state index contributed by atoms with van der Waals surface area (Å²) in [5.74, 6) is -0.309. The summed E-state index contributed by atoms with van der Waals surface area (Å²) in [6.07, 6.45) is 0. The quantitative estimate of drug-likeness (QED) is 0.420. The van der Waals surface area contributed by atoms with Gasteiger partial charge in [0.1, 0.15) is 0 Å². The van der Waals surface area contributed by atoms with Crippen LogP contribution in [0.15, 0.2) is 12.1 Å². The Hall–Kier alpha value is 0.487. The summed E-state index contributed by atoms with van der Waals surface area (Å²) in [5, 5.41) is 11.1. The van der Waals surface area contributed by atoms with Gasteiger partial charge >= 0.3 is 18.9 Å². The Bertz CT molecular complexity index is 237. The van der Waals surface area contributed by atoms with Crippen LogP contribution < -0.4 is 24.0 Å². The molecule has 0 aromatic heterocycles. The molecular formula is C6H2Cl3LiO. The summed E-state index contributed by atoms with van der Waals surface area (Å²) in [7, 11) is 0. The molecule has 11 heavy (non-hydrogen) atoms. The zero-order valence-electron chi connectivity index (χ0n) is 5.70. The van der Waals surface area contributed by atoms with Crippen molar-refractivity contribution in [1.29, 1.82) is 0 Å². The van der Waals surface area contributed by atoms with Gasteiger partial charge in [0.15, 0.2) is 0 Å². The molecule has 0 aliphatic rings. The molecule has 0 heterocycles. The van der Waals surface area contributed by atoms with Crippen LogP contribution >= 0.6 is 34.8 Å². The standard InChI is InChI=1S/C6H3Cl3O.Li/c7-3-1-2-4(10)6(9)5(3)8;/h1-2,10H;/q;+1/p-1. The number of benzene rings is 1. The maximum Gasteiger partial charge on any atom is 1.00 e. The van der Waals surface area contributed by atoms with Crippen LogP contribution in [0.4, 0.5) is 0 Å². The number of hydrogen-bond donors (Lipinski definition) is 0. The van der Waals surface area contributed by atoms with E-state index in [9.17, 15) is 5.11 Å². The topological polar surface area (TPSA) is 23.1 Å². The summed E-state index contributed by atoms with van der Waals surface area (Å²) >= 11 is 16.5. The Morgan fingerprint density at radius 2 is 1.55 bits per heavy atom. The molecule has 0 N–H and O–H groups in total. The fraction of sp³-hybridized carbons (Fsp3) is 0. The minimum absolute atomic E-state index is 0. The fourth-order valence-electron chi connectivity index (χ4n) is 0.508. The zero-order valence-corrected chi connectivity index (χ0v) is 7.96. The van der Waals surface area contributed by atoms with Crippen molar-refractivity contribution >= 4 is 34.8 Å². The van der Waals surface area contributed by atoms with Crippen LogP contribution in [0.1, 0.15) is 0 Å². The first kappa shape index (κ1) is 11.5. The molecule has 0 unspecified atom stereocenters. The SMILES string of the molecule is [Li+].[O-]c1ccc(Cl)c(Cl)c1Cl. The smallest absolute Gasteiger partial charge is 0.871 e. The Morgan fingerprint density at radius 3 is 2.00 bits per heavy atom. The number of rotatable bonds is 0. The second-order valence-corrected chi connectivity index (χ2v) is 2.84. The van der Waals surface area contributed by atoms with Crippen LogP contribution in [0, 0.1) is 0 Å². The Balaban J connectivity index is 0.000001000. The molecule has 5 heteroatoms. The van der Waals surface area contributed by atoms with E-state index in [0.717, 1.165) is 0 Å². The van der Waals surface area contributed by atoms with E-state index in [2.05, 4.69) is 0 Å². The second kappa shape index (κ2) is 4.50. The van der Waals surface area contributed by atoms with Gasteiger partial charge in [0.25, 0.3) is 0 Å². The molecule has 0 bridgehead atoms. The van der Waals surface area contributed by atoms with Crippen LogP contribution in [0.3, 0.4) is 0 Å². The van der Waals surface area contributed by atoms with Crippen molar-refractivity contribution in [1.82, 2.24) is 0 Å². The van der Waals surface area contributed by atoms with Gasteiger partial charge in [0.2, 0.25) is 0 Å². The van der Waals surface area contributed by atoms with E-state index in [4.69, 9.17) is 34.8 Å². The first-order valence-electron chi connectivity index (χ1n) is 2.43. The molecule has 0 radical (unpaired) electrons. The number of halogens is 3. The first-order chi connectivity index (χ1) is 4.63. The van der Waals surface area contributed by atoms with E-state index >= 15 is 0 Å². The van der Waals surface area contributed by atoms with Crippen molar-refractivity contribution in [2.75, 3.05) is 0 Å². The van der Waals surface area contributed by atoms with Crippen LogP contribution in [-0.4, -0.2) is 0 Å².